The Balaban J connectivity index is 1.39. The van der Waals surface area contributed by atoms with Gasteiger partial charge >= 0.3 is 0 Å². The molecule has 1 aromatic rings. The van der Waals surface area contributed by atoms with Crippen molar-refractivity contribution in [3.8, 4) is 0 Å². The molecule has 0 aliphatic carbocycles. The molecular weight excluding hydrogens is 298 g/mol. The van der Waals surface area contributed by atoms with Gasteiger partial charge in [0.25, 0.3) is 5.91 Å². The highest BCUT2D eigenvalue weighted by atomic mass is 32.1. The van der Waals surface area contributed by atoms with Crippen molar-refractivity contribution in [3.05, 3.63) is 21.9 Å². The van der Waals surface area contributed by atoms with Crippen LogP contribution in [0.25, 0.3) is 0 Å². The van der Waals surface area contributed by atoms with Gasteiger partial charge < -0.3 is 14.4 Å². The molecule has 1 unspecified atom stereocenters. The molecule has 4 nitrogen and oxygen atoms in total. The van der Waals surface area contributed by atoms with Crippen LogP contribution in [-0.4, -0.2) is 42.7 Å². The number of thiophene rings is 1. The van der Waals surface area contributed by atoms with Crippen molar-refractivity contribution >= 4 is 17.2 Å². The van der Waals surface area contributed by atoms with Crippen molar-refractivity contribution in [1.29, 1.82) is 0 Å². The van der Waals surface area contributed by atoms with E-state index in [0.29, 0.717) is 0 Å². The van der Waals surface area contributed by atoms with Crippen LogP contribution in [0.4, 0.5) is 0 Å². The van der Waals surface area contributed by atoms with Crippen molar-refractivity contribution in [1.82, 2.24) is 4.90 Å². The fourth-order valence-corrected chi connectivity index (χ4v) is 4.93. The average molecular weight is 321 g/mol. The fraction of sp³-hybridized carbons (Fsp3) is 0.706. The monoisotopic (exact) mass is 321 g/mol. The van der Waals surface area contributed by atoms with Gasteiger partial charge in [-0.15, -0.1) is 11.3 Å². The second-order valence-corrected chi connectivity index (χ2v) is 7.75. The third kappa shape index (κ3) is 2.70. The summed E-state index contributed by atoms with van der Waals surface area (Å²) in [5.41, 5.74) is 0.0784. The second-order valence-electron chi connectivity index (χ2n) is 6.63. The summed E-state index contributed by atoms with van der Waals surface area (Å²) in [5, 5.41) is 0. The van der Waals surface area contributed by atoms with Gasteiger partial charge in [-0.25, -0.2) is 0 Å². The molecule has 0 aromatic carbocycles. The first-order valence-electron chi connectivity index (χ1n) is 8.40. The van der Waals surface area contributed by atoms with Crippen LogP contribution < -0.4 is 0 Å². The molecule has 120 valence electrons. The third-order valence-corrected chi connectivity index (χ3v) is 6.40. The van der Waals surface area contributed by atoms with Gasteiger partial charge in [-0.1, -0.05) is 0 Å². The van der Waals surface area contributed by atoms with Crippen molar-refractivity contribution in [2.24, 2.45) is 0 Å². The van der Waals surface area contributed by atoms with Crippen LogP contribution >= 0.6 is 11.3 Å². The van der Waals surface area contributed by atoms with E-state index in [4.69, 9.17) is 9.47 Å². The van der Waals surface area contributed by atoms with E-state index in [0.717, 1.165) is 63.3 Å². The zero-order chi connectivity index (χ0) is 15.0. The maximum absolute atomic E-state index is 12.7. The Bertz CT molecular complexity index is 534. The number of nitrogens with zero attached hydrogens (tertiary/aromatic N) is 1. The van der Waals surface area contributed by atoms with Gasteiger partial charge in [0.2, 0.25) is 0 Å². The van der Waals surface area contributed by atoms with E-state index in [1.54, 1.807) is 11.3 Å². The lowest BCUT2D eigenvalue weighted by atomic mass is 9.88. The Morgan fingerprint density at radius 3 is 2.73 bits per heavy atom. The average Bonchev–Trinajstić information content (AvgIpc) is 3.29. The van der Waals surface area contributed by atoms with Crippen LogP contribution in [0.2, 0.25) is 0 Å². The van der Waals surface area contributed by atoms with Crippen molar-refractivity contribution in [2.45, 2.75) is 50.2 Å². The molecule has 0 saturated carbocycles. The number of ether oxygens (including phenoxy) is 2. The largest absolute Gasteiger partial charge is 0.375 e. The van der Waals surface area contributed by atoms with E-state index in [1.165, 1.54) is 11.3 Å². The molecule has 22 heavy (non-hydrogen) atoms. The Morgan fingerprint density at radius 2 is 2.05 bits per heavy atom. The van der Waals surface area contributed by atoms with Crippen LogP contribution in [-0.2, 0) is 9.47 Å². The molecule has 5 heteroatoms. The van der Waals surface area contributed by atoms with Crippen LogP contribution in [0.3, 0.4) is 0 Å². The van der Waals surface area contributed by atoms with Gasteiger partial charge in [0.15, 0.2) is 0 Å². The van der Waals surface area contributed by atoms with Gasteiger partial charge in [0.1, 0.15) is 0 Å². The Kier molecular flexibility index (Phi) is 3.96. The number of amides is 1. The molecule has 3 saturated heterocycles. The summed E-state index contributed by atoms with van der Waals surface area (Å²) in [4.78, 5) is 16.7. The first-order chi connectivity index (χ1) is 10.8. The summed E-state index contributed by atoms with van der Waals surface area (Å²) >= 11 is 1.61. The maximum atomic E-state index is 12.7. The van der Waals surface area contributed by atoms with Crippen molar-refractivity contribution in [3.63, 3.8) is 0 Å². The smallest absolute Gasteiger partial charge is 0.263 e. The Morgan fingerprint density at radius 1 is 1.18 bits per heavy atom. The van der Waals surface area contributed by atoms with Gasteiger partial charge in [-0.05, 0) is 50.7 Å². The number of piperidine rings is 1. The first-order valence-corrected chi connectivity index (χ1v) is 9.22. The van der Waals surface area contributed by atoms with E-state index >= 15 is 0 Å². The van der Waals surface area contributed by atoms with E-state index in [9.17, 15) is 4.79 Å². The molecule has 1 atom stereocenters. The number of carbonyl (C=O) groups is 1. The molecule has 3 fully saturated rings. The maximum Gasteiger partial charge on any atom is 0.263 e. The predicted octanol–water partition coefficient (Wildman–Crippen LogP) is 3.38. The normalized spacial score (nSPS) is 27.6. The molecule has 0 N–H and O–H groups in total. The minimum absolute atomic E-state index is 0.0784. The summed E-state index contributed by atoms with van der Waals surface area (Å²) in [6.07, 6.45) is 6.73. The van der Waals surface area contributed by atoms with Crippen molar-refractivity contribution in [2.75, 3.05) is 26.3 Å². The quantitative estimate of drug-likeness (QED) is 0.838. The van der Waals surface area contributed by atoms with E-state index < -0.39 is 0 Å². The number of hydrogen-bond donors (Lipinski definition) is 0. The molecule has 1 spiro atoms. The summed E-state index contributed by atoms with van der Waals surface area (Å²) < 4.78 is 11.6. The van der Waals surface area contributed by atoms with Gasteiger partial charge in [0, 0.05) is 31.2 Å². The number of likely N-dealkylation sites (tertiary alicyclic amines) is 1. The lowest BCUT2D eigenvalue weighted by molar-refractivity contribution is -0.0386. The van der Waals surface area contributed by atoms with E-state index in [2.05, 4.69) is 6.07 Å². The summed E-state index contributed by atoms with van der Waals surface area (Å²) in [5.74, 6) is 0.182. The minimum atomic E-state index is 0.0784. The summed E-state index contributed by atoms with van der Waals surface area (Å²) in [7, 11) is 0. The van der Waals surface area contributed by atoms with Crippen LogP contribution in [0.15, 0.2) is 12.1 Å². The number of rotatable bonds is 2. The highest BCUT2D eigenvalue weighted by Crippen LogP contribution is 2.37. The van der Waals surface area contributed by atoms with Crippen LogP contribution in [0, 0.1) is 0 Å². The number of carbonyl (C=O) groups excluding carboxylic acids is 1. The zero-order valence-electron chi connectivity index (χ0n) is 12.9. The zero-order valence-corrected chi connectivity index (χ0v) is 13.7. The summed E-state index contributed by atoms with van der Waals surface area (Å²) in [6.45, 7) is 3.39. The minimum Gasteiger partial charge on any atom is -0.375 e. The van der Waals surface area contributed by atoms with E-state index in [-0.39, 0.29) is 17.6 Å². The predicted molar refractivity (Wildman–Crippen MR) is 85.3 cm³/mol. The lowest BCUT2D eigenvalue weighted by Crippen LogP contribution is -2.46. The Hall–Kier alpha value is -0.910. The molecule has 0 radical (unpaired) electrons. The standard InChI is InChI=1S/C17H23NO3S/c19-16(15-5-4-14(22-15)13-3-1-11-20-13)18-9-7-17(8-10-18)6-2-12-21-17/h4-5,13H,1-3,6-12H2. The van der Waals surface area contributed by atoms with E-state index in [1.807, 2.05) is 11.0 Å². The molecule has 0 bridgehead atoms. The van der Waals surface area contributed by atoms with Crippen LogP contribution in [0.1, 0.15) is 59.2 Å². The SMILES string of the molecule is O=C(c1ccc(C2CCCO2)s1)N1CCC2(CCCO2)CC1. The fourth-order valence-electron chi connectivity index (χ4n) is 3.87. The first kappa shape index (κ1) is 14.7. The highest BCUT2D eigenvalue weighted by molar-refractivity contribution is 7.14. The topological polar surface area (TPSA) is 38.8 Å². The molecule has 3 aliphatic rings. The summed E-state index contributed by atoms with van der Waals surface area (Å²) in [6, 6.07) is 4.04. The number of hydrogen-bond acceptors (Lipinski definition) is 4. The Labute approximate surface area is 135 Å². The second kappa shape index (κ2) is 5.95. The lowest BCUT2D eigenvalue weighted by Gasteiger charge is -2.38. The molecule has 4 heterocycles. The van der Waals surface area contributed by atoms with Gasteiger partial charge in [-0.3, -0.25) is 4.79 Å². The van der Waals surface area contributed by atoms with Crippen molar-refractivity contribution < 1.29 is 14.3 Å². The molecule has 1 amide bonds. The highest BCUT2D eigenvalue weighted by Gasteiger charge is 2.39. The molecule has 4 rings (SSSR count). The third-order valence-electron chi connectivity index (χ3n) is 5.23. The molecular formula is C17H23NO3S. The van der Waals surface area contributed by atoms with Gasteiger partial charge in [0.05, 0.1) is 16.6 Å². The molecule has 3 aliphatic heterocycles. The van der Waals surface area contributed by atoms with Gasteiger partial charge in [-0.2, -0.15) is 0 Å². The molecule has 1 aromatic heterocycles. The van der Waals surface area contributed by atoms with Crippen LogP contribution in [0.5, 0.6) is 0 Å².